The molecule has 0 amide bonds. The van der Waals surface area contributed by atoms with Crippen LogP contribution in [0.15, 0.2) is 0 Å². The fourth-order valence-corrected chi connectivity index (χ4v) is 3.20. The van der Waals surface area contributed by atoms with Gasteiger partial charge in [0.1, 0.15) is 0 Å². The molecule has 18 heavy (non-hydrogen) atoms. The maximum Gasteiger partial charge on any atom is 0.486 e. The van der Waals surface area contributed by atoms with Gasteiger partial charge in [-0.25, -0.2) is 13.0 Å². The normalized spacial score (nSPS) is 21.0. The van der Waals surface area contributed by atoms with Crippen molar-refractivity contribution in [3.05, 3.63) is 0 Å². The summed E-state index contributed by atoms with van der Waals surface area (Å²) in [5, 5.41) is 3.34. The summed E-state index contributed by atoms with van der Waals surface area (Å²) in [6, 6.07) is 0.520. The van der Waals surface area contributed by atoms with E-state index >= 15 is 0 Å². The van der Waals surface area contributed by atoms with E-state index in [0.717, 1.165) is 0 Å². The molecule has 108 valence electrons. The van der Waals surface area contributed by atoms with Gasteiger partial charge in [0.15, 0.2) is 0 Å². The van der Waals surface area contributed by atoms with Gasteiger partial charge in [-0.15, -0.1) is 0 Å². The Morgan fingerprint density at radius 3 is 2.56 bits per heavy atom. The first kappa shape index (κ1) is 16.1. The molecule has 9 heteroatoms. The van der Waals surface area contributed by atoms with Gasteiger partial charge in [0, 0.05) is 6.04 Å². The number of phosphoric acid groups is 1. The highest BCUT2D eigenvalue weighted by atomic mass is 32.2. The Kier molecular flexibility index (Phi) is 7.36. The fraction of sp³-hybridized carbons (Fsp3) is 1.00. The summed E-state index contributed by atoms with van der Waals surface area (Å²) in [5.41, 5.74) is 0. The average Bonchev–Trinajstić information content (AvgIpc) is 2.28. The van der Waals surface area contributed by atoms with Crippen molar-refractivity contribution >= 4 is 18.8 Å². The van der Waals surface area contributed by atoms with E-state index in [0.29, 0.717) is 19.0 Å². The van der Waals surface area contributed by atoms with Gasteiger partial charge < -0.3 is 10.2 Å². The van der Waals surface area contributed by atoms with Gasteiger partial charge in [-0.2, -0.15) is 3.97 Å². The molecule has 0 bridgehead atoms. The van der Waals surface area contributed by atoms with Crippen molar-refractivity contribution in [2.24, 2.45) is 0 Å². The first-order valence-corrected chi connectivity index (χ1v) is 8.63. The highest BCUT2D eigenvalue weighted by molar-refractivity contribution is 7.74. The van der Waals surface area contributed by atoms with Gasteiger partial charge in [-0.3, -0.25) is 4.52 Å². The first-order chi connectivity index (χ1) is 8.49. The van der Waals surface area contributed by atoms with Crippen LogP contribution in [0.3, 0.4) is 0 Å². The van der Waals surface area contributed by atoms with E-state index in [4.69, 9.17) is 4.89 Å². The summed E-state index contributed by atoms with van der Waals surface area (Å²) in [7, 11) is -7.82. The molecule has 0 aromatic rings. The van der Waals surface area contributed by atoms with Crippen LogP contribution >= 0.6 is 7.82 Å². The number of thiol groups is 1. The van der Waals surface area contributed by atoms with Gasteiger partial charge in [-0.05, 0) is 25.8 Å². The lowest BCUT2D eigenvalue weighted by Crippen LogP contribution is -2.32. The van der Waals surface area contributed by atoms with Crippen LogP contribution in [0.1, 0.15) is 38.5 Å². The van der Waals surface area contributed by atoms with Crippen LogP contribution in [0.4, 0.5) is 0 Å². The number of phosphoric ester groups is 1. The molecule has 1 aliphatic rings. The van der Waals surface area contributed by atoms with Crippen LogP contribution in [0.2, 0.25) is 0 Å². The fourth-order valence-electron chi connectivity index (χ4n) is 1.97. The molecule has 1 saturated carbocycles. The lowest BCUT2D eigenvalue weighted by Gasteiger charge is -2.22. The molecule has 7 nitrogen and oxygen atoms in total. The van der Waals surface area contributed by atoms with E-state index in [1.165, 1.54) is 32.1 Å². The van der Waals surface area contributed by atoms with Crippen molar-refractivity contribution in [1.82, 2.24) is 5.32 Å². The number of rotatable bonds is 8. The summed E-state index contributed by atoms with van der Waals surface area (Å²) in [5.74, 6) is 0. The van der Waals surface area contributed by atoms with Crippen LogP contribution in [-0.4, -0.2) is 32.5 Å². The zero-order valence-electron chi connectivity index (χ0n) is 10.1. The molecule has 2 N–H and O–H groups in total. The Morgan fingerprint density at radius 1 is 1.28 bits per heavy atom. The third kappa shape index (κ3) is 7.45. The third-order valence-corrected chi connectivity index (χ3v) is 4.65. The Morgan fingerprint density at radius 2 is 1.94 bits per heavy atom. The van der Waals surface area contributed by atoms with Crippen LogP contribution in [0, 0.1) is 0 Å². The highest BCUT2D eigenvalue weighted by Crippen LogP contribution is 2.43. The smallest absolute Gasteiger partial charge is 0.314 e. The number of nitrogens with one attached hydrogen (secondary N) is 1. The topological polar surface area (TPSA) is 102 Å². The Balaban J connectivity index is 2.05. The van der Waals surface area contributed by atoms with Gasteiger partial charge >= 0.3 is 7.82 Å². The van der Waals surface area contributed by atoms with Gasteiger partial charge in [0.05, 0.1) is 6.61 Å². The zero-order valence-corrected chi connectivity index (χ0v) is 11.9. The van der Waals surface area contributed by atoms with E-state index < -0.39 is 18.8 Å². The maximum atomic E-state index is 11.0. The second-order valence-electron chi connectivity index (χ2n) is 4.25. The van der Waals surface area contributed by atoms with E-state index in [2.05, 4.69) is 13.8 Å². The molecular formula is C9H20NO6PS. The minimum Gasteiger partial charge on any atom is -0.314 e. The molecule has 1 fully saturated rings. The quantitative estimate of drug-likeness (QED) is 0.348. The largest absolute Gasteiger partial charge is 0.486 e. The van der Waals surface area contributed by atoms with Crippen molar-refractivity contribution in [1.29, 1.82) is 0 Å². The lowest BCUT2D eigenvalue weighted by atomic mass is 9.95. The highest BCUT2D eigenvalue weighted by Gasteiger charge is 2.22. The summed E-state index contributed by atoms with van der Waals surface area (Å²) in [6.45, 7) is 0.658. The second kappa shape index (κ2) is 8.24. The Bertz CT molecular complexity index is 347. The monoisotopic (exact) mass is 301 g/mol. The summed E-state index contributed by atoms with van der Waals surface area (Å²) < 4.78 is 39.4. The lowest BCUT2D eigenvalue weighted by molar-refractivity contribution is 0.203. The van der Waals surface area contributed by atoms with Gasteiger partial charge in [0.25, 0.3) is 11.0 Å². The molecule has 1 rings (SSSR count). The first-order valence-electron chi connectivity index (χ1n) is 6.04. The second-order valence-corrected chi connectivity index (χ2v) is 6.55. The molecular weight excluding hydrogens is 281 g/mol. The van der Waals surface area contributed by atoms with Crippen molar-refractivity contribution < 1.29 is 26.4 Å². The molecule has 0 aromatic heterocycles. The van der Waals surface area contributed by atoms with Crippen molar-refractivity contribution in [2.75, 3.05) is 13.2 Å². The van der Waals surface area contributed by atoms with E-state index in [1.807, 2.05) is 0 Å². The molecule has 1 unspecified atom stereocenters. The summed E-state index contributed by atoms with van der Waals surface area (Å²) in [4.78, 5) is 8.94. The predicted octanol–water partition coefficient (Wildman–Crippen LogP) is 0.959. The minimum atomic E-state index is -4.45. The predicted molar refractivity (Wildman–Crippen MR) is 66.7 cm³/mol. The molecule has 0 radical (unpaired) electrons. The molecule has 0 aliphatic heterocycles. The molecule has 1 atom stereocenters. The van der Waals surface area contributed by atoms with Gasteiger partial charge in [-0.1, -0.05) is 19.3 Å². The molecule has 1 aliphatic carbocycles. The van der Waals surface area contributed by atoms with Crippen LogP contribution < -0.4 is 5.32 Å². The number of hydrogen-bond donors (Lipinski definition) is 3. The Hall–Kier alpha value is 0.0200. The summed E-state index contributed by atoms with van der Waals surface area (Å²) in [6.07, 6.45) is 6.63. The SMILES string of the molecule is O=[SH](=O)OP(=O)(O)OCCCNC1CCCCC1. The van der Waals surface area contributed by atoms with E-state index in [1.54, 1.807) is 0 Å². The van der Waals surface area contributed by atoms with Crippen molar-refractivity contribution in [3.8, 4) is 0 Å². The van der Waals surface area contributed by atoms with Crippen LogP contribution in [0.25, 0.3) is 0 Å². The minimum absolute atomic E-state index is 0.0172. The molecule has 0 spiro atoms. The standard InChI is InChI=1S/C9H20NO6PS/c11-17(12,16-18(13)14)15-8-4-7-10-9-5-2-1-3-6-9/h9-10,18H,1-8H2,(H,11,12). The number of hydrogen-bond acceptors (Lipinski definition) is 6. The van der Waals surface area contributed by atoms with Gasteiger partial charge in [0.2, 0.25) is 0 Å². The van der Waals surface area contributed by atoms with Crippen molar-refractivity contribution in [2.45, 2.75) is 44.6 Å². The molecule has 0 aromatic carbocycles. The molecule has 0 saturated heterocycles. The van der Waals surface area contributed by atoms with E-state index in [9.17, 15) is 13.0 Å². The Labute approximate surface area is 109 Å². The zero-order chi connectivity index (χ0) is 13.4. The van der Waals surface area contributed by atoms with Crippen LogP contribution in [-0.2, 0) is 24.0 Å². The van der Waals surface area contributed by atoms with Crippen molar-refractivity contribution in [3.63, 3.8) is 0 Å². The maximum absolute atomic E-state index is 11.0. The van der Waals surface area contributed by atoms with E-state index in [-0.39, 0.29) is 6.61 Å². The third-order valence-electron chi connectivity index (χ3n) is 2.78. The average molecular weight is 301 g/mol. The summed E-state index contributed by atoms with van der Waals surface area (Å²) >= 11 is 0. The van der Waals surface area contributed by atoms with Crippen LogP contribution in [0.5, 0.6) is 0 Å². The molecule has 0 heterocycles.